The molecule has 1 amide bonds. The highest BCUT2D eigenvalue weighted by molar-refractivity contribution is 5.73. The number of halogens is 1. The summed E-state index contributed by atoms with van der Waals surface area (Å²) < 4.78 is 25.5. The number of fused-ring (bicyclic) bond motifs is 1. The summed E-state index contributed by atoms with van der Waals surface area (Å²) in [7, 11) is 1.54. The van der Waals surface area contributed by atoms with Crippen LogP contribution in [0.15, 0.2) is 36.4 Å². The summed E-state index contributed by atoms with van der Waals surface area (Å²) in [5, 5.41) is 0. The molecule has 7 heteroatoms. The first-order valence-electron chi connectivity index (χ1n) is 10.8. The summed E-state index contributed by atoms with van der Waals surface area (Å²) in [4.78, 5) is 18.0. The van der Waals surface area contributed by atoms with E-state index in [2.05, 4.69) is 21.9 Å². The minimum absolute atomic E-state index is 0.148. The highest BCUT2D eigenvalue weighted by Crippen LogP contribution is 2.27. The lowest BCUT2D eigenvalue weighted by Gasteiger charge is -2.34. The number of amides is 1. The number of hydrogen-bond acceptors (Lipinski definition) is 5. The first-order chi connectivity index (χ1) is 15.0. The van der Waals surface area contributed by atoms with Crippen LogP contribution >= 0.6 is 0 Å². The Morgan fingerprint density at radius 2 is 1.84 bits per heavy atom. The molecule has 4 rings (SSSR count). The highest BCUT2D eigenvalue weighted by atomic mass is 19.1. The Hall–Kier alpha value is -2.64. The van der Waals surface area contributed by atoms with E-state index in [0.717, 1.165) is 50.6 Å². The lowest BCUT2D eigenvalue weighted by Crippen LogP contribution is -2.47. The van der Waals surface area contributed by atoms with Crippen molar-refractivity contribution in [3.8, 4) is 11.5 Å². The smallest absolute Gasteiger partial charge is 0.219 e. The highest BCUT2D eigenvalue weighted by Gasteiger charge is 2.21. The molecule has 0 bridgehead atoms. The molecule has 0 atom stereocenters. The minimum atomic E-state index is -0.247. The van der Waals surface area contributed by atoms with Gasteiger partial charge in [-0.15, -0.1) is 0 Å². The van der Waals surface area contributed by atoms with Gasteiger partial charge in [0.15, 0.2) is 0 Å². The van der Waals surface area contributed by atoms with Crippen molar-refractivity contribution in [1.82, 2.24) is 14.7 Å². The van der Waals surface area contributed by atoms with Crippen LogP contribution in [0.3, 0.4) is 0 Å². The molecule has 0 radical (unpaired) electrons. The molecule has 6 nitrogen and oxygen atoms in total. The summed E-state index contributed by atoms with van der Waals surface area (Å²) in [6, 6.07) is 11.4. The van der Waals surface area contributed by atoms with Gasteiger partial charge in [-0.05, 0) is 23.8 Å². The second-order valence-corrected chi connectivity index (χ2v) is 8.24. The molecule has 31 heavy (non-hydrogen) atoms. The first kappa shape index (κ1) is 21.6. The van der Waals surface area contributed by atoms with Gasteiger partial charge in [-0.25, -0.2) is 4.39 Å². The number of nitrogens with zero attached hydrogens (tertiary/aromatic N) is 3. The number of hydrogen-bond donors (Lipinski definition) is 0. The molecule has 2 heterocycles. The maximum absolute atomic E-state index is 14.4. The number of rotatable bonds is 5. The van der Waals surface area contributed by atoms with Gasteiger partial charge in [-0.2, -0.15) is 0 Å². The molecule has 0 saturated carbocycles. The van der Waals surface area contributed by atoms with Crippen LogP contribution in [0.2, 0.25) is 0 Å². The predicted molar refractivity (Wildman–Crippen MR) is 117 cm³/mol. The van der Waals surface area contributed by atoms with Crippen LogP contribution in [-0.4, -0.2) is 67.0 Å². The van der Waals surface area contributed by atoms with Crippen molar-refractivity contribution >= 4 is 5.91 Å². The molecule has 1 saturated heterocycles. The number of methoxy groups -OCH3 is 1. The molecule has 0 unspecified atom stereocenters. The van der Waals surface area contributed by atoms with Crippen molar-refractivity contribution in [2.45, 2.75) is 26.6 Å². The van der Waals surface area contributed by atoms with Gasteiger partial charge < -0.3 is 14.4 Å². The predicted octanol–water partition coefficient (Wildman–Crippen LogP) is 2.89. The van der Waals surface area contributed by atoms with E-state index in [1.54, 1.807) is 26.2 Å². The molecule has 0 aliphatic carbocycles. The van der Waals surface area contributed by atoms with Gasteiger partial charge in [0.05, 0.1) is 7.11 Å². The van der Waals surface area contributed by atoms with Crippen LogP contribution in [0.1, 0.15) is 23.6 Å². The van der Waals surface area contributed by atoms with E-state index in [4.69, 9.17) is 9.47 Å². The molecular weight excluding hydrogens is 397 g/mol. The Kier molecular flexibility index (Phi) is 6.73. The second-order valence-electron chi connectivity index (χ2n) is 8.24. The SMILES string of the molecule is COc1ccc(CN2CCOc3ccc(CN4CCN(C(C)=O)CC4)cc3C2)c(F)c1. The van der Waals surface area contributed by atoms with Crippen LogP contribution in [-0.2, 0) is 24.4 Å². The average molecular weight is 428 g/mol. The summed E-state index contributed by atoms with van der Waals surface area (Å²) >= 11 is 0. The van der Waals surface area contributed by atoms with Gasteiger partial charge in [0.2, 0.25) is 5.91 Å². The van der Waals surface area contributed by atoms with E-state index in [1.807, 2.05) is 11.0 Å². The van der Waals surface area contributed by atoms with E-state index < -0.39 is 0 Å². The molecule has 0 N–H and O–H groups in total. The zero-order valence-electron chi connectivity index (χ0n) is 18.3. The van der Waals surface area contributed by atoms with E-state index in [-0.39, 0.29) is 11.7 Å². The van der Waals surface area contributed by atoms with Crippen LogP contribution in [0.25, 0.3) is 0 Å². The summed E-state index contributed by atoms with van der Waals surface area (Å²) in [5.41, 5.74) is 3.02. The first-order valence-corrected chi connectivity index (χ1v) is 10.8. The monoisotopic (exact) mass is 427 g/mol. The van der Waals surface area contributed by atoms with Crippen molar-refractivity contribution in [2.75, 3.05) is 46.4 Å². The Labute approximate surface area is 183 Å². The van der Waals surface area contributed by atoms with Gasteiger partial charge in [0, 0.05) is 76.5 Å². The number of benzene rings is 2. The Morgan fingerprint density at radius 3 is 2.55 bits per heavy atom. The third-order valence-corrected chi connectivity index (χ3v) is 6.06. The molecular formula is C24H30FN3O3. The summed E-state index contributed by atoms with van der Waals surface area (Å²) in [6.45, 7) is 8.38. The Morgan fingerprint density at radius 1 is 1.03 bits per heavy atom. The van der Waals surface area contributed by atoms with Crippen molar-refractivity contribution in [1.29, 1.82) is 0 Å². The number of piperazine rings is 1. The van der Waals surface area contributed by atoms with Crippen molar-refractivity contribution < 1.29 is 18.7 Å². The van der Waals surface area contributed by atoms with E-state index in [0.29, 0.717) is 31.0 Å². The Bertz CT molecular complexity index is 928. The largest absolute Gasteiger partial charge is 0.497 e. The van der Waals surface area contributed by atoms with Crippen LogP contribution < -0.4 is 9.47 Å². The minimum Gasteiger partial charge on any atom is -0.497 e. The zero-order valence-corrected chi connectivity index (χ0v) is 18.3. The van der Waals surface area contributed by atoms with Crippen molar-refractivity contribution in [3.05, 3.63) is 58.9 Å². The van der Waals surface area contributed by atoms with Gasteiger partial charge in [-0.3, -0.25) is 14.6 Å². The van der Waals surface area contributed by atoms with Gasteiger partial charge in [0.25, 0.3) is 0 Å². The van der Waals surface area contributed by atoms with Crippen molar-refractivity contribution in [3.63, 3.8) is 0 Å². The summed E-state index contributed by atoms with van der Waals surface area (Å²) in [6.07, 6.45) is 0. The quantitative estimate of drug-likeness (QED) is 0.734. The lowest BCUT2D eigenvalue weighted by atomic mass is 10.1. The van der Waals surface area contributed by atoms with Crippen molar-refractivity contribution in [2.24, 2.45) is 0 Å². The fourth-order valence-electron chi connectivity index (χ4n) is 4.24. The third-order valence-electron chi connectivity index (χ3n) is 6.06. The summed E-state index contributed by atoms with van der Waals surface area (Å²) in [5.74, 6) is 1.33. The molecule has 0 spiro atoms. The molecule has 2 aliphatic rings. The molecule has 1 fully saturated rings. The Balaban J connectivity index is 1.41. The standard InChI is InChI=1S/C24H30FN3O3/c1-18(29)28-9-7-26(8-10-28)15-19-3-6-24-21(13-19)17-27(11-12-31-24)16-20-4-5-22(30-2)14-23(20)25/h3-6,13-14H,7-12,15-17H2,1-2H3. The third kappa shape index (κ3) is 5.35. The fraction of sp³-hybridized carbons (Fsp3) is 0.458. The van der Waals surface area contributed by atoms with Crippen LogP contribution in [0, 0.1) is 5.82 Å². The van der Waals surface area contributed by atoms with E-state index >= 15 is 0 Å². The fourth-order valence-corrected chi connectivity index (χ4v) is 4.24. The average Bonchev–Trinajstić information content (AvgIpc) is 2.97. The van der Waals surface area contributed by atoms with Gasteiger partial charge >= 0.3 is 0 Å². The number of carbonyl (C=O) groups is 1. The van der Waals surface area contributed by atoms with Gasteiger partial charge in [-0.1, -0.05) is 12.1 Å². The van der Waals surface area contributed by atoms with E-state index in [9.17, 15) is 9.18 Å². The molecule has 0 aromatic heterocycles. The maximum atomic E-state index is 14.4. The molecule has 2 aliphatic heterocycles. The normalized spacial score (nSPS) is 17.6. The number of carbonyl (C=O) groups excluding carboxylic acids is 1. The zero-order chi connectivity index (χ0) is 21.8. The maximum Gasteiger partial charge on any atom is 0.219 e. The van der Waals surface area contributed by atoms with Crippen LogP contribution in [0.4, 0.5) is 4.39 Å². The topological polar surface area (TPSA) is 45.3 Å². The lowest BCUT2D eigenvalue weighted by molar-refractivity contribution is -0.130. The van der Waals surface area contributed by atoms with E-state index in [1.165, 1.54) is 11.6 Å². The molecule has 2 aromatic carbocycles. The molecule has 166 valence electrons. The van der Waals surface area contributed by atoms with Gasteiger partial charge in [0.1, 0.15) is 23.9 Å². The second kappa shape index (κ2) is 9.66. The number of ether oxygens (including phenoxy) is 2. The van der Waals surface area contributed by atoms with Crippen LogP contribution in [0.5, 0.6) is 11.5 Å². The molecule has 2 aromatic rings.